The molecule has 1 N–H and O–H groups in total. The van der Waals surface area contributed by atoms with Crippen molar-refractivity contribution in [3.8, 4) is 22.3 Å². The summed E-state index contributed by atoms with van der Waals surface area (Å²) in [6.45, 7) is 0. The van der Waals surface area contributed by atoms with Gasteiger partial charge in [0.05, 0.1) is 17.1 Å². The van der Waals surface area contributed by atoms with Crippen molar-refractivity contribution in [3.05, 3.63) is 175 Å². The first-order chi connectivity index (χ1) is 21.3. The van der Waals surface area contributed by atoms with E-state index in [-0.39, 0.29) is 6.04 Å². The van der Waals surface area contributed by atoms with Crippen LogP contribution in [0, 0.1) is 0 Å². The maximum atomic E-state index is 5.33. The number of hydrogen-bond donors (Lipinski definition) is 1. The highest BCUT2D eigenvalue weighted by molar-refractivity contribution is 6.14. The van der Waals surface area contributed by atoms with E-state index in [0.29, 0.717) is 0 Å². The van der Waals surface area contributed by atoms with Crippen LogP contribution in [-0.2, 0) is 0 Å². The Morgan fingerprint density at radius 2 is 0.884 bits per heavy atom. The van der Waals surface area contributed by atoms with Gasteiger partial charge in [0.15, 0.2) is 0 Å². The van der Waals surface area contributed by atoms with Crippen molar-refractivity contribution in [2.45, 2.75) is 6.04 Å². The Labute approximate surface area is 251 Å². The standard InChI is InChI=1S/C40H29N3/c1-3-11-28(12-4-1)30-19-23-32(24-20-30)36-27-37(33-25-21-31(22-26-33)29-13-5-2-6-14-29)42-40(41-36)43-38-17-9-7-15-34(38)35-16-8-10-18-39(35)43/h1-27,36H,(H,41,42). The number of aromatic nitrogens is 1. The lowest BCUT2D eigenvalue weighted by atomic mass is 9.98. The van der Waals surface area contributed by atoms with Crippen LogP contribution in [0.15, 0.2) is 169 Å². The van der Waals surface area contributed by atoms with Gasteiger partial charge in [-0.25, -0.2) is 4.99 Å². The summed E-state index contributed by atoms with van der Waals surface area (Å²) in [5, 5.41) is 6.16. The molecule has 0 bridgehead atoms. The van der Waals surface area contributed by atoms with E-state index in [1.165, 1.54) is 33.0 Å². The molecule has 3 heteroatoms. The molecule has 204 valence electrons. The molecule has 1 aliphatic heterocycles. The second-order valence-corrected chi connectivity index (χ2v) is 10.9. The predicted molar refractivity (Wildman–Crippen MR) is 180 cm³/mol. The fourth-order valence-corrected chi connectivity index (χ4v) is 6.10. The number of benzene rings is 6. The van der Waals surface area contributed by atoms with Gasteiger partial charge in [0.25, 0.3) is 0 Å². The van der Waals surface area contributed by atoms with Gasteiger partial charge in [0.1, 0.15) is 0 Å². The topological polar surface area (TPSA) is 29.3 Å². The molecule has 2 heterocycles. The molecular weight excluding hydrogens is 522 g/mol. The minimum atomic E-state index is -0.148. The van der Waals surface area contributed by atoms with Crippen molar-refractivity contribution in [2.75, 3.05) is 0 Å². The molecule has 6 aromatic carbocycles. The van der Waals surface area contributed by atoms with Crippen LogP contribution < -0.4 is 5.32 Å². The van der Waals surface area contributed by atoms with Crippen molar-refractivity contribution in [3.63, 3.8) is 0 Å². The summed E-state index contributed by atoms with van der Waals surface area (Å²) < 4.78 is 2.27. The minimum Gasteiger partial charge on any atom is -0.325 e. The first-order valence-electron chi connectivity index (χ1n) is 14.7. The molecular formula is C40H29N3. The maximum Gasteiger partial charge on any atom is 0.208 e. The van der Waals surface area contributed by atoms with Gasteiger partial charge in [-0.15, -0.1) is 0 Å². The molecule has 3 nitrogen and oxygen atoms in total. The van der Waals surface area contributed by atoms with Crippen molar-refractivity contribution in [1.82, 2.24) is 9.88 Å². The van der Waals surface area contributed by atoms with Gasteiger partial charge in [-0.3, -0.25) is 4.57 Å². The van der Waals surface area contributed by atoms with Gasteiger partial charge in [-0.2, -0.15) is 0 Å². The van der Waals surface area contributed by atoms with E-state index in [1.54, 1.807) is 0 Å². The number of hydrogen-bond acceptors (Lipinski definition) is 2. The number of nitrogens with one attached hydrogen (secondary N) is 1. The van der Waals surface area contributed by atoms with Crippen molar-refractivity contribution in [2.24, 2.45) is 4.99 Å². The summed E-state index contributed by atoms with van der Waals surface area (Å²) in [5.41, 5.74) is 10.4. The summed E-state index contributed by atoms with van der Waals surface area (Å²) in [5.74, 6) is 0.819. The summed E-state index contributed by atoms with van der Waals surface area (Å²) in [4.78, 5) is 5.33. The third-order valence-electron chi connectivity index (χ3n) is 8.29. The molecule has 0 aliphatic carbocycles. The largest absolute Gasteiger partial charge is 0.325 e. The number of nitrogens with zero attached hydrogens (tertiary/aromatic N) is 2. The van der Waals surface area contributed by atoms with Gasteiger partial charge in [0.2, 0.25) is 5.96 Å². The first-order valence-corrected chi connectivity index (χ1v) is 14.7. The summed E-state index contributed by atoms with van der Waals surface area (Å²) in [6.07, 6.45) is 2.24. The summed E-state index contributed by atoms with van der Waals surface area (Å²) in [7, 11) is 0. The number of rotatable bonds is 4. The molecule has 8 rings (SSSR count). The average molecular weight is 552 g/mol. The van der Waals surface area contributed by atoms with Crippen LogP contribution in [0.2, 0.25) is 0 Å². The van der Waals surface area contributed by atoms with Crippen LogP contribution in [0.25, 0.3) is 49.8 Å². The molecule has 0 amide bonds. The molecule has 1 unspecified atom stereocenters. The van der Waals surface area contributed by atoms with Crippen LogP contribution in [-0.4, -0.2) is 10.5 Å². The fourth-order valence-electron chi connectivity index (χ4n) is 6.10. The predicted octanol–water partition coefficient (Wildman–Crippen LogP) is 9.72. The van der Waals surface area contributed by atoms with Gasteiger partial charge in [-0.1, -0.05) is 146 Å². The Kier molecular flexibility index (Phi) is 6.20. The van der Waals surface area contributed by atoms with E-state index in [0.717, 1.165) is 33.8 Å². The van der Waals surface area contributed by atoms with E-state index in [4.69, 9.17) is 4.99 Å². The Balaban J connectivity index is 1.24. The molecule has 43 heavy (non-hydrogen) atoms. The van der Waals surface area contributed by atoms with Crippen molar-refractivity contribution < 1.29 is 0 Å². The molecule has 7 aromatic rings. The highest BCUT2D eigenvalue weighted by Crippen LogP contribution is 2.33. The number of fused-ring (bicyclic) bond motifs is 3. The fraction of sp³-hybridized carbons (Fsp3) is 0.0250. The smallest absolute Gasteiger partial charge is 0.208 e. The summed E-state index contributed by atoms with van der Waals surface area (Å²) in [6, 6.07) is 55.6. The van der Waals surface area contributed by atoms with E-state index >= 15 is 0 Å². The monoisotopic (exact) mass is 551 g/mol. The third-order valence-corrected chi connectivity index (χ3v) is 8.29. The highest BCUT2D eigenvalue weighted by Gasteiger charge is 2.22. The van der Waals surface area contributed by atoms with Crippen LogP contribution >= 0.6 is 0 Å². The zero-order chi connectivity index (χ0) is 28.6. The van der Waals surface area contributed by atoms with Gasteiger partial charge in [0, 0.05) is 16.5 Å². The lowest BCUT2D eigenvalue weighted by Crippen LogP contribution is -2.32. The Hall–Kier alpha value is -5.67. The van der Waals surface area contributed by atoms with E-state index in [2.05, 4.69) is 174 Å². The van der Waals surface area contributed by atoms with Crippen LogP contribution in [0.1, 0.15) is 17.2 Å². The SMILES string of the molecule is C1=C(c2ccc(-c3ccccc3)cc2)NC(n2c3ccccc3c3ccccc32)=NC1c1ccc(-c2ccccc2)cc1. The van der Waals surface area contributed by atoms with Gasteiger partial charge >= 0.3 is 0 Å². The molecule has 0 spiro atoms. The zero-order valence-corrected chi connectivity index (χ0v) is 23.6. The maximum absolute atomic E-state index is 5.33. The van der Waals surface area contributed by atoms with Crippen molar-refractivity contribution >= 4 is 33.5 Å². The molecule has 0 fully saturated rings. The normalized spacial score (nSPS) is 14.7. The Bertz CT molecular complexity index is 2070. The average Bonchev–Trinajstić information content (AvgIpc) is 3.43. The summed E-state index contributed by atoms with van der Waals surface area (Å²) >= 11 is 0. The first kappa shape index (κ1) is 25.1. The molecule has 1 aromatic heterocycles. The lowest BCUT2D eigenvalue weighted by Gasteiger charge is -2.24. The van der Waals surface area contributed by atoms with Gasteiger partial charge < -0.3 is 5.32 Å². The number of para-hydroxylation sites is 2. The molecule has 1 aliphatic rings. The second kappa shape index (κ2) is 10.6. The Morgan fingerprint density at radius 1 is 0.442 bits per heavy atom. The van der Waals surface area contributed by atoms with Crippen LogP contribution in [0.3, 0.4) is 0 Å². The van der Waals surface area contributed by atoms with E-state index < -0.39 is 0 Å². The van der Waals surface area contributed by atoms with Crippen LogP contribution in [0.5, 0.6) is 0 Å². The van der Waals surface area contributed by atoms with Crippen LogP contribution in [0.4, 0.5) is 0 Å². The van der Waals surface area contributed by atoms with Gasteiger partial charge in [-0.05, 0) is 51.6 Å². The lowest BCUT2D eigenvalue weighted by molar-refractivity contribution is 0.860. The highest BCUT2D eigenvalue weighted by atomic mass is 15.2. The second-order valence-electron chi connectivity index (χ2n) is 10.9. The van der Waals surface area contributed by atoms with E-state index in [9.17, 15) is 0 Å². The Morgan fingerprint density at radius 3 is 1.44 bits per heavy atom. The van der Waals surface area contributed by atoms with Crippen molar-refractivity contribution in [1.29, 1.82) is 0 Å². The molecule has 0 radical (unpaired) electrons. The van der Waals surface area contributed by atoms with E-state index in [1.807, 2.05) is 0 Å². The molecule has 1 atom stereocenters. The third kappa shape index (κ3) is 4.61. The zero-order valence-electron chi connectivity index (χ0n) is 23.6. The minimum absolute atomic E-state index is 0.148. The number of aliphatic imine (C=N–C) groups is 1. The molecule has 0 saturated heterocycles. The quantitative estimate of drug-likeness (QED) is 0.232. The molecule has 0 saturated carbocycles.